The molecule has 0 spiro atoms. The number of aromatic amines is 1. The Morgan fingerprint density at radius 1 is 1.37 bits per heavy atom. The smallest absolute Gasteiger partial charge is 0.336 e. The van der Waals surface area contributed by atoms with Crippen LogP contribution in [0.25, 0.3) is 11.6 Å². The molecule has 0 atom stereocenters. The number of hydrogen-bond acceptors (Lipinski definition) is 5. The van der Waals surface area contributed by atoms with E-state index in [4.69, 9.17) is 5.73 Å². The molecule has 0 bridgehead atoms. The molecule has 102 valence electrons. The topological polar surface area (TPSA) is 93.6 Å². The van der Waals surface area contributed by atoms with Gasteiger partial charge in [0, 0.05) is 0 Å². The van der Waals surface area contributed by atoms with Crippen LogP contribution in [0.1, 0.15) is 30.9 Å². The van der Waals surface area contributed by atoms with Crippen LogP contribution < -0.4 is 5.73 Å². The molecule has 2 aromatic heterocycles. The van der Waals surface area contributed by atoms with Crippen molar-refractivity contribution in [3.8, 4) is 11.6 Å². The van der Waals surface area contributed by atoms with Gasteiger partial charge in [0.15, 0.2) is 0 Å². The Labute approximate surface area is 105 Å². The molecule has 0 aromatic carbocycles. The van der Waals surface area contributed by atoms with Crippen LogP contribution in [0.15, 0.2) is 10.7 Å². The molecule has 0 aliphatic heterocycles. The molecule has 2 heterocycles. The van der Waals surface area contributed by atoms with Crippen LogP contribution in [0.5, 0.6) is 0 Å². The molecule has 1 saturated carbocycles. The van der Waals surface area contributed by atoms with Crippen molar-refractivity contribution in [2.75, 3.05) is 0 Å². The number of aromatic nitrogens is 4. The number of halogens is 3. The predicted molar refractivity (Wildman–Crippen MR) is 56.6 cm³/mol. The molecular weight excluding hydrogens is 263 g/mol. The van der Waals surface area contributed by atoms with Crippen molar-refractivity contribution in [2.24, 2.45) is 5.73 Å². The van der Waals surface area contributed by atoms with Gasteiger partial charge in [-0.25, -0.2) is 4.98 Å². The van der Waals surface area contributed by atoms with E-state index >= 15 is 0 Å². The monoisotopic (exact) mass is 273 g/mol. The molecule has 9 heteroatoms. The molecule has 0 saturated heterocycles. The average Bonchev–Trinajstić information content (AvgIpc) is 2.93. The highest BCUT2D eigenvalue weighted by Crippen LogP contribution is 2.37. The Balaban J connectivity index is 1.89. The van der Waals surface area contributed by atoms with Gasteiger partial charge in [0.1, 0.15) is 11.5 Å². The second kappa shape index (κ2) is 3.80. The first-order valence-electron chi connectivity index (χ1n) is 5.64. The normalized spacial score (nSPS) is 18.3. The first-order valence-corrected chi connectivity index (χ1v) is 5.64. The fourth-order valence-corrected chi connectivity index (χ4v) is 1.93. The fraction of sp³-hybridized carbons (Fsp3) is 0.500. The van der Waals surface area contributed by atoms with Crippen molar-refractivity contribution in [2.45, 2.75) is 31.0 Å². The van der Waals surface area contributed by atoms with Gasteiger partial charge < -0.3 is 15.2 Å². The zero-order valence-corrected chi connectivity index (χ0v) is 9.66. The number of H-pyrrole nitrogens is 1. The maximum absolute atomic E-state index is 12.3. The molecule has 0 amide bonds. The van der Waals surface area contributed by atoms with Crippen LogP contribution in [0.4, 0.5) is 13.2 Å². The Bertz CT molecular complexity index is 598. The zero-order chi connectivity index (χ0) is 13.7. The number of rotatable bonds is 2. The molecule has 0 unspecified atom stereocenters. The maximum atomic E-state index is 12.3. The van der Waals surface area contributed by atoms with Crippen molar-refractivity contribution < 1.29 is 17.7 Å². The lowest BCUT2D eigenvalue weighted by molar-refractivity contribution is -0.146. The number of imidazole rings is 1. The molecule has 3 N–H and O–H groups in total. The Kier molecular flexibility index (Phi) is 2.43. The van der Waals surface area contributed by atoms with E-state index in [0.717, 1.165) is 19.3 Å². The van der Waals surface area contributed by atoms with E-state index in [9.17, 15) is 13.2 Å². The molecule has 1 aliphatic carbocycles. The highest BCUT2D eigenvalue weighted by atomic mass is 19.4. The summed E-state index contributed by atoms with van der Waals surface area (Å²) in [5.74, 6) is -1.04. The summed E-state index contributed by atoms with van der Waals surface area (Å²) in [4.78, 5) is 10.2. The van der Waals surface area contributed by atoms with Gasteiger partial charge >= 0.3 is 6.18 Å². The van der Waals surface area contributed by atoms with E-state index in [2.05, 4.69) is 24.6 Å². The van der Waals surface area contributed by atoms with E-state index in [1.807, 2.05) is 0 Å². The van der Waals surface area contributed by atoms with Crippen LogP contribution in [-0.4, -0.2) is 20.1 Å². The fourth-order valence-electron chi connectivity index (χ4n) is 1.93. The summed E-state index contributed by atoms with van der Waals surface area (Å²) < 4.78 is 41.6. The largest absolute Gasteiger partial charge is 0.455 e. The van der Waals surface area contributed by atoms with Crippen molar-refractivity contribution in [3.63, 3.8) is 0 Å². The van der Waals surface area contributed by atoms with Crippen molar-refractivity contribution in [3.05, 3.63) is 17.8 Å². The van der Waals surface area contributed by atoms with Gasteiger partial charge in [-0.1, -0.05) is 5.16 Å². The standard InChI is InChI=1S/C10H10F3N5O/c11-10(12,13)8-17-6(19-18-8)5-4-15-7(16-5)9(14)2-1-3-9/h4H,1-3,14H2,(H,15,16). The van der Waals surface area contributed by atoms with Crippen LogP contribution in [0, 0.1) is 0 Å². The van der Waals surface area contributed by atoms with Gasteiger partial charge in [-0.3, -0.25) is 0 Å². The minimum atomic E-state index is -4.63. The summed E-state index contributed by atoms with van der Waals surface area (Å²) in [5, 5.41) is 2.88. The molecule has 3 rings (SSSR count). The van der Waals surface area contributed by atoms with E-state index in [1.54, 1.807) is 0 Å². The highest BCUT2D eigenvalue weighted by molar-refractivity contribution is 5.45. The number of nitrogens with one attached hydrogen (secondary N) is 1. The lowest BCUT2D eigenvalue weighted by atomic mass is 9.77. The van der Waals surface area contributed by atoms with Gasteiger partial charge in [-0.15, -0.1) is 0 Å². The predicted octanol–water partition coefficient (Wildman–Crippen LogP) is 1.82. The Hall–Kier alpha value is -1.90. The van der Waals surface area contributed by atoms with Gasteiger partial charge in [-0.05, 0) is 19.3 Å². The molecule has 0 radical (unpaired) electrons. The van der Waals surface area contributed by atoms with Crippen molar-refractivity contribution in [1.82, 2.24) is 20.1 Å². The molecule has 6 nitrogen and oxygen atoms in total. The Morgan fingerprint density at radius 2 is 2.11 bits per heavy atom. The summed E-state index contributed by atoms with van der Waals surface area (Å²) in [5.41, 5.74) is 5.76. The zero-order valence-electron chi connectivity index (χ0n) is 9.66. The molecule has 19 heavy (non-hydrogen) atoms. The molecule has 1 aliphatic rings. The van der Waals surface area contributed by atoms with E-state index in [1.165, 1.54) is 6.20 Å². The van der Waals surface area contributed by atoms with Crippen molar-refractivity contribution >= 4 is 0 Å². The summed E-state index contributed by atoms with van der Waals surface area (Å²) >= 11 is 0. The molecule has 2 aromatic rings. The van der Waals surface area contributed by atoms with E-state index < -0.39 is 17.5 Å². The first kappa shape index (κ1) is 12.2. The number of nitrogens with two attached hydrogens (primary N) is 1. The van der Waals surface area contributed by atoms with Gasteiger partial charge in [0.05, 0.1) is 11.7 Å². The lowest BCUT2D eigenvalue weighted by Gasteiger charge is -2.35. The minimum Gasteiger partial charge on any atom is -0.336 e. The van der Waals surface area contributed by atoms with Crippen LogP contribution >= 0.6 is 0 Å². The third-order valence-electron chi connectivity index (χ3n) is 3.20. The van der Waals surface area contributed by atoms with Gasteiger partial charge in [0.25, 0.3) is 11.7 Å². The summed E-state index contributed by atoms with van der Waals surface area (Å²) in [6, 6.07) is 0. The second-order valence-electron chi connectivity index (χ2n) is 4.58. The van der Waals surface area contributed by atoms with Crippen LogP contribution in [-0.2, 0) is 11.7 Å². The summed E-state index contributed by atoms with van der Waals surface area (Å²) in [6.45, 7) is 0. The Morgan fingerprint density at radius 3 is 2.63 bits per heavy atom. The van der Waals surface area contributed by atoms with Gasteiger partial charge in [0.2, 0.25) is 0 Å². The van der Waals surface area contributed by atoms with E-state index in [-0.39, 0.29) is 11.6 Å². The quantitative estimate of drug-likeness (QED) is 0.870. The molecule has 1 fully saturated rings. The first-order chi connectivity index (χ1) is 8.88. The second-order valence-corrected chi connectivity index (χ2v) is 4.58. The SMILES string of the molecule is NC1(c2ncc(-c3nc(C(F)(F)F)no3)[nH]2)CCC1. The highest BCUT2D eigenvalue weighted by Gasteiger charge is 2.39. The minimum absolute atomic E-state index is 0.231. The van der Waals surface area contributed by atoms with Crippen LogP contribution in [0.2, 0.25) is 0 Å². The third-order valence-corrected chi connectivity index (χ3v) is 3.20. The number of hydrogen-bond donors (Lipinski definition) is 2. The lowest BCUT2D eigenvalue weighted by Crippen LogP contribution is -2.44. The summed E-state index contributed by atoms with van der Waals surface area (Å²) in [6.07, 6.45) is -0.704. The van der Waals surface area contributed by atoms with Gasteiger partial charge in [-0.2, -0.15) is 18.2 Å². The average molecular weight is 273 g/mol. The summed E-state index contributed by atoms with van der Waals surface area (Å²) in [7, 11) is 0. The van der Waals surface area contributed by atoms with Crippen LogP contribution in [0.3, 0.4) is 0 Å². The number of alkyl halides is 3. The number of nitrogens with zero attached hydrogens (tertiary/aromatic N) is 3. The third kappa shape index (κ3) is 1.99. The maximum Gasteiger partial charge on any atom is 0.455 e. The van der Waals surface area contributed by atoms with Crippen molar-refractivity contribution in [1.29, 1.82) is 0 Å². The van der Waals surface area contributed by atoms with E-state index in [0.29, 0.717) is 5.82 Å². The molecular formula is C10H10F3N5O.